The summed E-state index contributed by atoms with van der Waals surface area (Å²) in [5.41, 5.74) is 3.33. The molecule has 1 heterocycles. The molecule has 0 bridgehead atoms. The molecule has 0 spiro atoms. The first-order chi connectivity index (χ1) is 7.79. The Morgan fingerprint density at radius 2 is 1.75 bits per heavy atom. The number of aryl methyl sites for hydroxylation is 1. The molecule has 1 rings (SSSR count). The van der Waals surface area contributed by atoms with Crippen molar-refractivity contribution >= 4 is 12.2 Å². The van der Waals surface area contributed by atoms with Crippen molar-refractivity contribution in [2.75, 3.05) is 0 Å². The number of aromatic nitrogens is 1. The van der Waals surface area contributed by atoms with Crippen molar-refractivity contribution in [2.24, 2.45) is 0 Å². The molecule has 1 nitrogen and oxygen atoms in total. The average molecular weight is 219 g/mol. The fraction of sp³-hybridized carbons (Fsp3) is 0.400. The van der Waals surface area contributed by atoms with Crippen molar-refractivity contribution in [1.82, 2.24) is 4.98 Å². The predicted molar refractivity (Wildman–Crippen MR) is 76.5 cm³/mol. The average Bonchev–Trinajstić information content (AvgIpc) is 2.35. The van der Waals surface area contributed by atoms with E-state index < -0.39 is 0 Å². The van der Waals surface area contributed by atoms with Crippen LogP contribution in [0.25, 0.3) is 12.2 Å². The van der Waals surface area contributed by atoms with E-state index in [9.17, 15) is 0 Å². The van der Waals surface area contributed by atoms with Crippen molar-refractivity contribution in [3.8, 4) is 0 Å². The zero-order chi connectivity index (χ0) is 13.0. The number of rotatable bonds is 2. The fourth-order valence-electron chi connectivity index (χ4n) is 1.19. The molecular formula is C15H25N. The monoisotopic (exact) mass is 219 g/mol. The first-order valence-electron chi connectivity index (χ1n) is 6.00. The highest BCUT2D eigenvalue weighted by molar-refractivity contribution is 5.65. The third-order valence-corrected chi connectivity index (χ3v) is 1.77. The van der Waals surface area contributed by atoms with E-state index in [1.54, 1.807) is 0 Å². The van der Waals surface area contributed by atoms with Crippen LogP contribution in [0.2, 0.25) is 0 Å². The van der Waals surface area contributed by atoms with E-state index in [1.807, 2.05) is 66.0 Å². The summed E-state index contributed by atoms with van der Waals surface area (Å²) in [6.07, 6.45) is 7.74. The largest absolute Gasteiger partial charge is 0.261 e. The van der Waals surface area contributed by atoms with Crippen LogP contribution in [0.3, 0.4) is 0 Å². The number of hydrogen-bond donors (Lipinski definition) is 0. The lowest BCUT2D eigenvalue weighted by Gasteiger charge is -2.02. The lowest BCUT2D eigenvalue weighted by Crippen LogP contribution is -1.88. The summed E-state index contributed by atoms with van der Waals surface area (Å²) in [5, 5.41) is 0. The maximum absolute atomic E-state index is 4.19. The van der Waals surface area contributed by atoms with E-state index >= 15 is 0 Å². The summed E-state index contributed by atoms with van der Waals surface area (Å²) in [4.78, 5) is 4.19. The first kappa shape index (κ1) is 17.0. The quantitative estimate of drug-likeness (QED) is 0.673. The molecule has 16 heavy (non-hydrogen) atoms. The Bertz CT molecular complexity index is 311. The number of hydrogen-bond acceptors (Lipinski definition) is 1. The number of nitrogens with zero attached hydrogens (tertiary/aromatic N) is 1. The van der Waals surface area contributed by atoms with Gasteiger partial charge in [-0.15, -0.1) is 0 Å². The minimum atomic E-state index is 1.03. The van der Waals surface area contributed by atoms with Gasteiger partial charge in [-0.25, -0.2) is 0 Å². The molecule has 0 atom stereocenters. The minimum absolute atomic E-state index is 1.03. The lowest BCUT2D eigenvalue weighted by atomic mass is 10.1. The second-order valence-corrected chi connectivity index (χ2v) is 2.60. The second-order valence-electron chi connectivity index (χ2n) is 2.60. The van der Waals surface area contributed by atoms with Crippen LogP contribution in [-0.2, 0) is 0 Å². The standard InChI is InChI=1S/C11H13N.2C2H6/c1-4-6-10-7-8-12-9(3)11(10)5-2;2*1-2/h4-8H,2H2,1,3H3;2*1-2H3/b6-4-;;. The molecule has 0 N–H and O–H groups in total. The van der Waals surface area contributed by atoms with Gasteiger partial charge in [0.2, 0.25) is 0 Å². The Morgan fingerprint density at radius 3 is 2.19 bits per heavy atom. The van der Waals surface area contributed by atoms with Gasteiger partial charge in [0.05, 0.1) is 0 Å². The van der Waals surface area contributed by atoms with Crippen LogP contribution in [0.1, 0.15) is 51.4 Å². The molecular weight excluding hydrogens is 194 g/mol. The Balaban J connectivity index is 0. The normalized spacial score (nSPS) is 8.62. The third-order valence-electron chi connectivity index (χ3n) is 1.77. The second kappa shape index (κ2) is 11.7. The molecule has 1 aromatic rings. The molecule has 0 saturated carbocycles. The summed E-state index contributed by atoms with van der Waals surface area (Å²) < 4.78 is 0. The molecule has 0 aromatic carbocycles. The van der Waals surface area contributed by atoms with Gasteiger partial charge < -0.3 is 0 Å². The lowest BCUT2D eigenvalue weighted by molar-refractivity contribution is 1.18. The minimum Gasteiger partial charge on any atom is -0.261 e. The summed E-state index contributed by atoms with van der Waals surface area (Å²) in [5.74, 6) is 0. The molecule has 0 unspecified atom stereocenters. The molecule has 0 saturated heterocycles. The molecule has 90 valence electrons. The van der Waals surface area contributed by atoms with Crippen molar-refractivity contribution in [3.05, 3.63) is 41.7 Å². The first-order valence-corrected chi connectivity index (χ1v) is 6.00. The van der Waals surface area contributed by atoms with Crippen LogP contribution in [0, 0.1) is 6.92 Å². The molecule has 0 aliphatic rings. The summed E-state index contributed by atoms with van der Waals surface area (Å²) >= 11 is 0. The van der Waals surface area contributed by atoms with Gasteiger partial charge in [-0.05, 0) is 25.5 Å². The van der Waals surface area contributed by atoms with Gasteiger partial charge in [0.25, 0.3) is 0 Å². The van der Waals surface area contributed by atoms with Crippen molar-refractivity contribution < 1.29 is 0 Å². The van der Waals surface area contributed by atoms with Crippen molar-refractivity contribution in [3.63, 3.8) is 0 Å². The van der Waals surface area contributed by atoms with E-state index in [0.29, 0.717) is 0 Å². The van der Waals surface area contributed by atoms with Gasteiger partial charge in [0.15, 0.2) is 0 Å². The molecule has 0 amide bonds. The fourth-order valence-corrected chi connectivity index (χ4v) is 1.19. The summed E-state index contributed by atoms with van der Waals surface area (Å²) in [6, 6.07) is 1.99. The summed E-state index contributed by atoms with van der Waals surface area (Å²) in [7, 11) is 0. The van der Waals surface area contributed by atoms with E-state index in [0.717, 1.165) is 11.3 Å². The molecule has 0 aliphatic heterocycles. The molecule has 0 radical (unpaired) electrons. The van der Waals surface area contributed by atoms with Crippen LogP contribution in [0.15, 0.2) is 24.9 Å². The smallest absolute Gasteiger partial charge is 0.0450 e. The number of pyridine rings is 1. The SMILES string of the molecule is C=Cc1c(/C=C\C)ccnc1C.CC.CC. The van der Waals surface area contributed by atoms with Crippen molar-refractivity contribution in [1.29, 1.82) is 0 Å². The molecule has 0 aliphatic carbocycles. The Labute approximate surface area is 101 Å². The van der Waals surface area contributed by atoms with Crippen LogP contribution in [-0.4, -0.2) is 4.98 Å². The maximum Gasteiger partial charge on any atom is 0.0450 e. The van der Waals surface area contributed by atoms with E-state index in [2.05, 4.69) is 17.6 Å². The maximum atomic E-state index is 4.19. The van der Waals surface area contributed by atoms with Gasteiger partial charge in [-0.3, -0.25) is 4.98 Å². The Kier molecular flexibility index (Phi) is 12.5. The van der Waals surface area contributed by atoms with E-state index in [1.165, 1.54) is 5.56 Å². The molecule has 1 aromatic heterocycles. The molecule has 0 fully saturated rings. The van der Waals surface area contributed by atoms with Crippen molar-refractivity contribution in [2.45, 2.75) is 41.5 Å². The van der Waals surface area contributed by atoms with Crippen LogP contribution >= 0.6 is 0 Å². The van der Waals surface area contributed by atoms with Gasteiger partial charge in [0.1, 0.15) is 0 Å². The van der Waals surface area contributed by atoms with E-state index in [-0.39, 0.29) is 0 Å². The van der Waals surface area contributed by atoms with Gasteiger partial charge in [-0.1, -0.05) is 52.5 Å². The van der Waals surface area contributed by atoms with Gasteiger partial charge >= 0.3 is 0 Å². The highest BCUT2D eigenvalue weighted by Gasteiger charge is 1.98. The molecule has 1 heteroatoms. The highest BCUT2D eigenvalue weighted by Crippen LogP contribution is 2.14. The number of allylic oxidation sites excluding steroid dienone is 1. The summed E-state index contributed by atoms with van der Waals surface area (Å²) in [6.45, 7) is 15.8. The predicted octanol–water partition coefficient (Wildman–Crippen LogP) is 5.12. The van der Waals surface area contributed by atoms with Gasteiger partial charge in [0, 0.05) is 17.5 Å². The zero-order valence-corrected chi connectivity index (χ0v) is 11.5. The highest BCUT2D eigenvalue weighted by atomic mass is 14.7. The Hall–Kier alpha value is -1.37. The van der Waals surface area contributed by atoms with E-state index in [4.69, 9.17) is 0 Å². The Morgan fingerprint density at radius 1 is 1.19 bits per heavy atom. The third kappa shape index (κ3) is 5.50. The van der Waals surface area contributed by atoms with Crippen LogP contribution in [0.4, 0.5) is 0 Å². The zero-order valence-electron chi connectivity index (χ0n) is 11.5. The van der Waals surface area contributed by atoms with Crippen LogP contribution < -0.4 is 0 Å². The van der Waals surface area contributed by atoms with Gasteiger partial charge in [-0.2, -0.15) is 0 Å². The van der Waals surface area contributed by atoms with Crippen LogP contribution in [0.5, 0.6) is 0 Å². The topological polar surface area (TPSA) is 12.9 Å².